The van der Waals surface area contributed by atoms with E-state index in [2.05, 4.69) is 5.32 Å². The Labute approximate surface area is 160 Å². The van der Waals surface area contributed by atoms with Crippen molar-refractivity contribution in [1.82, 2.24) is 0 Å². The van der Waals surface area contributed by atoms with Crippen molar-refractivity contribution in [2.75, 3.05) is 18.5 Å². The fourth-order valence-electron chi connectivity index (χ4n) is 2.96. The Morgan fingerprint density at radius 2 is 1.96 bits per heavy atom. The summed E-state index contributed by atoms with van der Waals surface area (Å²) in [4.78, 5) is 36.6. The van der Waals surface area contributed by atoms with Gasteiger partial charge in [-0.1, -0.05) is 18.2 Å². The topological polar surface area (TPSA) is 108 Å². The summed E-state index contributed by atoms with van der Waals surface area (Å²) < 4.78 is 10.3. The summed E-state index contributed by atoms with van der Waals surface area (Å²) in [7, 11) is 0. The molecule has 0 saturated carbocycles. The second-order valence-electron chi connectivity index (χ2n) is 6.19. The first-order valence-electron chi connectivity index (χ1n) is 8.54. The third kappa shape index (κ3) is 4.46. The SMILES string of the molecule is Cc1ccccc1OCC(=O)OCC(=O)Nc1sc2c(c1C(N)=O)CCC2. The van der Waals surface area contributed by atoms with E-state index in [9.17, 15) is 14.4 Å². The number of benzene rings is 1. The van der Waals surface area contributed by atoms with E-state index in [1.165, 1.54) is 11.3 Å². The molecule has 0 bridgehead atoms. The lowest BCUT2D eigenvalue weighted by molar-refractivity contribution is -0.149. The van der Waals surface area contributed by atoms with Crippen LogP contribution in [0, 0.1) is 6.92 Å². The predicted octanol–water partition coefficient (Wildman–Crippen LogP) is 2.20. The first-order chi connectivity index (χ1) is 13.0. The van der Waals surface area contributed by atoms with Crippen molar-refractivity contribution in [1.29, 1.82) is 0 Å². The van der Waals surface area contributed by atoms with E-state index in [-0.39, 0.29) is 6.61 Å². The van der Waals surface area contributed by atoms with Gasteiger partial charge in [-0.3, -0.25) is 9.59 Å². The smallest absolute Gasteiger partial charge is 0.344 e. The van der Waals surface area contributed by atoms with Gasteiger partial charge < -0.3 is 20.5 Å². The van der Waals surface area contributed by atoms with Crippen LogP contribution in [-0.2, 0) is 27.2 Å². The number of hydrogen-bond acceptors (Lipinski definition) is 6. The van der Waals surface area contributed by atoms with Gasteiger partial charge >= 0.3 is 5.97 Å². The Hall–Kier alpha value is -2.87. The number of esters is 1. The largest absolute Gasteiger partial charge is 0.482 e. The fourth-order valence-corrected chi connectivity index (χ4v) is 4.27. The second-order valence-corrected chi connectivity index (χ2v) is 7.29. The van der Waals surface area contributed by atoms with Crippen molar-refractivity contribution in [3.63, 3.8) is 0 Å². The number of ether oxygens (including phenoxy) is 2. The molecule has 1 aromatic carbocycles. The minimum atomic E-state index is -0.655. The number of nitrogens with two attached hydrogens (primary N) is 1. The standard InChI is InChI=1S/C19H20N2O5S/c1-11-5-2-3-7-13(11)25-10-16(23)26-9-15(22)21-19-17(18(20)24)12-6-4-8-14(12)27-19/h2-3,5,7H,4,6,8-10H2,1H3,(H2,20,24)(H,21,22). The number of carbonyl (C=O) groups is 3. The average Bonchev–Trinajstić information content (AvgIpc) is 3.19. The van der Waals surface area contributed by atoms with Gasteiger partial charge in [0.05, 0.1) is 5.56 Å². The predicted molar refractivity (Wildman–Crippen MR) is 101 cm³/mol. The van der Waals surface area contributed by atoms with Crippen LogP contribution < -0.4 is 15.8 Å². The normalized spacial score (nSPS) is 12.3. The molecule has 142 valence electrons. The van der Waals surface area contributed by atoms with E-state index in [1.807, 2.05) is 19.1 Å². The van der Waals surface area contributed by atoms with E-state index in [4.69, 9.17) is 15.2 Å². The maximum atomic E-state index is 12.1. The van der Waals surface area contributed by atoms with Crippen LogP contribution in [-0.4, -0.2) is 31.0 Å². The van der Waals surface area contributed by atoms with Crippen LogP contribution in [0.4, 0.5) is 5.00 Å². The Bertz CT molecular complexity index is 890. The van der Waals surface area contributed by atoms with Gasteiger partial charge in [-0.2, -0.15) is 0 Å². The van der Waals surface area contributed by atoms with Crippen LogP contribution in [0.2, 0.25) is 0 Å². The van der Waals surface area contributed by atoms with E-state index >= 15 is 0 Å². The average molecular weight is 388 g/mol. The maximum absolute atomic E-state index is 12.1. The van der Waals surface area contributed by atoms with Gasteiger partial charge in [-0.25, -0.2) is 4.79 Å². The number of aryl methyl sites for hydroxylation is 2. The molecule has 3 rings (SSSR count). The highest BCUT2D eigenvalue weighted by molar-refractivity contribution is 7.17. The molecule has 0 fully saturated rings. The number of primary amides is 1. The molecule has 1 heterocycles. The number of para-hydroxylation sites is 1. The summed E-state index contributed by atoms with van der Waals surface area (Å²) >= 11 is 1.35. The molecule has 8 heteroatoms. The van der Waals surface area contributed by atoms with Crippen molar-refractivity contribution < 1.29 is 23.9 Å². The molecule has 1 aliphatic carbocycles. The zero-order chi connectivity index (χ0) is 19.4. The molecule has 3 N–H and O–H groups in total. The monoisotopic (exact) mass is 388 g/mol. The number of thiophene rings is 1. The Balaban J connectivity index is 1.51. The van der Waals surface area contributed by atoms with Crippen LogP contribution >= 0.6 is 11.3 Å². The summed E-state index contributed by atoms with van der Waals surface area (Å²) in [6.45, 7) is 1.11. The molecule has 0 aliphatic heterocycles. The van der Waals surface area contributed by atoms with E-state index in [1.54, 1.807) is 12.1 Å². The van der Waals surface area contributed by atoms with Gasteiger partial charge in [0, 0.05) is 4.88 Å². The number of carbonyl (C=O) groups excluding carboxylic acids is 3. The van der Waals surface area contributed by atoms with E-state index < -0.39 is 24.4 Å². The molecule has 7 nitrogen and oxygen atoms in total. The lowest BCUT2D eigenvalue weighted by Crippen LogP contribution is -2.24. The van der Waals surface area contributed by atoms with Gasteiger partial charge in [0.15, 0.2) is 13.2 Å². The number of nitrogens with one attached hydrogen (secondary N) is 1. The van der Waals surface area contributed by atoms with Crippen molar-refractivity contribution >= 4 is 34.1 Å². The van der Waals surface area contributed by atoms with Gasteiger partial charge in [0.25, 0.3) is 11.8 Å². The van der Waals surface area contributed by atoms with Gasteiger partial charge in [0.2, 0.25) is 0 Å². The summed E-state index contributed by atoms with van der Waals surface area (Å²) in [5.74, 6) is -1.16. The lowest BCUT2D eigenvalue weighted by atomic mass is 10.1. The minimum Gasteiger partial charge on any atom is -0.482 e. The number of hydrogen-bond donors (Lipinski definition) is 2. The molecular weight excluding hydrogens is 368 g/mol. The Morgan fingerprint density at radius 3 is 2.70 bits per heavy atom. The maximum Gasteiger partial charge on any atom is 0.344 e. The number of rotatable bonds is 7. The molecule has 27 heavy (non-hydrogen) atoms. The lowest BCUT2D eigenvalue weighted by Gasteiger charge is -2.09. The highest BCUT2D eigenvalue weighted by Crippen LogP contribution is 2.38. The molecule has 0 unspecified atom stereocenters. The molecule has 2 aromatic rings. The zero-order valence-electron chi connectivity index (χ0n) is 14.9. The molecule has 0 atom stereocenters. The molecule has 1 aliphatic rings. The number of amides is 2. The van der Waals surface area contributed by atoms with Crippen LogP contribution in [0.5, 0.6) is 5.75 Å². The highest BCUT2D eigenvalue weighted by Gasteiger charge is 2.26. The van der Waals surface area contributed by atoms with Gasteiger partial charge in [-0.05, 0) is 43.4 Å². The van der Waals surface area contributed by atoms with Gasteiger partial charge in [-0.15, -0.1) is 11.3 Å². The third-order valence-electron chi connectivity index (χ3n) is 4.22. The van der Waals surface area contributed by atoms with Crippen molar-refractivity contribution in [3.8, 4) is 5.75 Å². The molecule has 0 saturated heterocycles. The van der Waals surface area contributed by atoms with E-state index in [0.717, 1.165) is 35.3 Å². The van der Waals surface area contributed by atoms with Crippen LogP contribution in [0.3, 0.4) is 0 Å². The first-order valence-corrected chi connectivity index (χ1v) is 9.35. The second kappa shape index (κ2) is 8.22. The zero-order valence-corrected chi connectivity index (χ0v) is 15.7. The molecular formula is C19H20N2O5S. The van der Waals surface area contributed by atoms with Gasteiger partial charge in [0.1, 0.15) is 10.8 Å². The molecule has 2 amide bonds. The van der Waals surface area contributed by atoms with Crippen LogP contribution in [0.25, 0.3) is 0 Å². The van der Waals surface area contributed by atoms with Crippen molar-refractivity contribution in [2.45, 2.75) is 26.2 Å². The number of fused-ring (bicyclic) bond motifs is 1. The minimum absolute atomic E-state index is 0.294. The summed E-state index contributed by atoms with van der Waals surface area (Å²) in [6, 6.07) is 7.28. The molecule has 1 aromatic heterocycles. The quantitative estimate of drug-likeness (QED) is 0.707. The highest BCUT2D eigenvalue weighted by atomic mass is 32.1. The molecule has 0 spiro atoms. The number of anilines is 1. The molecule has 0 radical (unpaired) electrons. The van der Waals surface area contributed by atoms with E-state index in [0.29, 0.717) is 16.3 Å². The summed E-state index contributed by atoms with van der Waals surface area (Å²) in [6.07, 6.45) is 2.64. The fraction of sp³-hybridized carbons (Fsp3) is 0.316. The Kier molecular flexibility index (Phi) is 5.75. The van der Waals surface area contributed by atoms with Crippen molar-refractivity contribution in [3.05, 3.63) is 45.8 Å². The first kappa shape index (κ1) is 18.9. The Morgan fingerprint density at radius 1 is 1.19 bits per heavy atom. The van der Waals surface area contributed by atoms with Crippen molar-refractivity contribution in [2.24, 2.45) is 5.73 Å². The summed E-state index contributed by atoms with van der Waals surface area (Å²) in [5.41, 5.74) is 7.64. The van der Waals surface area contributed by atoms with Crippen LogP contribution in [0.15, 0.2) is 24.3 Å². The third-order valence-corrected chi connectivity index (χ3v) is 5.43. The van der Waals surface area contributed by atoms with Crippen LogP contribution in [0.1, 0.15) is 32.8 Å². The summed E-state index contributed by atoms with van der Waals surface area (Å²) in [5, 5.41) is 3.04.